The van der Waals surface area contributed by atoms with Crippen LogP contribution in [0.15, 0.2) is 0 Å². The Hall–Kier alpha value is 12.1. The minimum Gasteiger partial charge on any atom is -0.759 e. The molecule has 0 bridgehead atoms. The molecular weight excluding hydrogens is 2460 g/mol. The fraction of sp³-hybridized carbons (Fsp3) is 0. The molecule has 0 fully saturated rings. The molecular formula is H29Na15O88S22. The van der Waals surface area contributed by atoms with Crippen molar-refractivity contribution in [2.75, 3.05) is 0 Å². The molecule has 125 heavy (non-hydrogen) atoms. The van der Waals surface area contributed by atoms with Crippen LogP contribution in [-0.2, 0) is 229 Å². The monoisotopic (exact) mass is 2490 g/mol. The van der Waals surface area contributed by atoms with Crippen LogP contribution in [0.25, 0.3) is 0 Å². The van der Waals surface area contributed by atoms with Crippen molar-refractivity contribution >= 4 is 229 Å². The first kappa shape index (κ1) is 253. The van der Waals surface area contributed by atoms with E-state index in [1.807, 2.05) is 0 Å². The van der Waals surface area contributed by atoms with Crippen LogP contribution in [-0.4, -0.2) is 386 Å². The SMILES string of the molecule is O=S(=O)(O)O.O=S(=O)(O)O.O=S(=O)(O)O.O=S(=O)(O)O.O=S(=O)(O)O.O=S(=O)(O)O.O=S(=O)(O)O.O=S(=O)(O)O.O=S(=O)(O)O.O=S(=O)(O)O.O=S(=O)(O)O.O=S(=O)(O)O.O=S(=O)(O)O.O=S(=O)(O)O.O=S(=O)([O-])O.O=S(=O)([O-])[O-].O=S(=O)([O-])[O-].O=S(=O)([O-])[O-].O=S(=O)([O-])[O-].O=S(=O)([O-])[O-].O=S(=O)([O-])[O-].O=S(=O)([O-])[O-].[Na+].[Na+].[Na+].[Na+].[Na+].[Na+].[Na+].[Na+].[Na+].[Na+].[Na+].[Na+].[Na+].[Na+].[Na+]. The summed E-state index contributed by atoms with van der Waals surface area (Å²) in [6.07, 6.45) is 0. The molecule has 0 unspecified atom stereocenters. The molecule has 0 aliphatic heterocycles. The fourth-order valence-electron chi connectivity index (χ4n) is 0. The van der Waals surface area contributed by atoms with Crippen LogP contribution in [0.3, 0.4) is 0 Å². The van der Waals surface area contributed by atoms with Crippen molar-refractivity contribution in [1.29, 1.82) is 0 Å². The Morgan fingerprint density at radius 1 is 0.0880 bits per heavy atom. The third-order valence-electron chi connectivity index (χ3n) is 0. The van der Waals surface area contributed by atoms with Gasteiger partial charge in [-0.05, 0) is 0 Å². The predicted molar refractivity (Wildman–Crippen MR) is 284 cm³/mol. The Morgan fingerprint density at radius 3 is 0.0880 bits per heavy atom. The van der Waals surface area contributed by atoms with Gasteiger partial charge >= 0.3 is 589 Å². The zero-order chi connectivity index (χ0) is 99.0. The van der Waals surface area contributed by atoms with Crippen LogP contribution < -0.4 is 443 Å². The third-order valence-corrected chi connectivity index (χ3v) is 0. The first-order chi connectivity index (χ1) is 44.0. The van der Waals surface area contributed by atoms with E-state index in [-0.39, 0.29) is 443 Å². The number of rotatable bonds is 0. The molecule has 0 aromatic heterocycles. The second-order valence-electron chi connectivity index (χ2n) is 9.56. The second kappa shape index (κ2) is 120. The van der Waals surface area contributed by atoms with Crippen molar-refractivity contribution in [3.8, 4) is 0 Å². The minimum absolute atomic E-state index is 0. The molecule has 29 N–H and O–H groups in total. The largest absolute Gasteiger partial charge is 1.00 e. The van der Waals surface area contributed by atoms with Crippen molar-refractivity contribution in [2.45, 2.75) is 0 Å². The van der Waals surface area contributed by atoms with E-state index in [0.29, 0.717) is 0 Å². The van der Waals surface area contributed by atoms with Gasteiger partial charge < -0.3 is 68.3 Å². The van der Waals surface area contributed by atoms with Crippen LogP contribution in [0, 0.1) is 0 Å². The molecule has 0 aromatic carbocycles. The van der Waals surface area contributed by atoms with Gasteiger partial charge in [0.25, 0.3) is 0 Å². The summed E-state index contributed by atoms with van der Waals surface area (Å²) in [7, 11) is -106. The molecule has 0 saturated heterocycles. The van der Waals surface area contributed by atoms with E-state index in [9.17, 15) is 0 Å². The average Bonchev–Trinajstić information content (AvgIpc) is 2.94. The first-order valence-electron chi connectivity index (χ1n) is 15.1. The summed E-state index contributed by atoms with van der Waals surface area (Å²) in [5.41, 5.74) is 0. The Bertz CT molecular complexity index is 3450. The maximum atomic E-state index is 8.74. The molecule has 0 spiro atoms. The molecule has 0 saturated carbocycles. The molecule has 0 rings (SSSR count). The van der Waals surface area contributed by atoms with E-state index in [0.717, 1.165) is 0 Å². The zero-order valence-corrected chi connectivity index (χ0v) is 109. The summed E-state index contributed by atoms with van der Waals surface area (Å²) in [5, 5.41) is 0. The molecule has 0 radical (unpaired) electrons. The molecule has 704 valence electrons. The average molecular weight is 2490 g/mol. The Kier molecular flexibility index (Phi) is 243. The first-order valence-corrected chi connectivity index (χ1v) is 45.4. The van der Waals surface area contributed by atoms with Gasteiger partial charge in [0.05, 0.1) is 0 Å². The standard InChI is InChI=1S/15Na.22H2O4S/c;;;;;;;;;;;;;;;22*1-5(2,3)4/h;;;;;;;;;;;;;;;22*(H2,1,2,3,4)/q15*+1;;;;;;;;;;;;;;;;;;;;;;/p-15. The van der Waals surface area contributed by atoms with Crippen LogP contribution in [0.1, 0.15) is 0 Å². The van der Waals surface area contributed by atoms with Gasteiger partial charge in [-0.25, -0.2) is 8.42 Å². The molecule has 0 amide bonds. The molecule has 0 aliphatic carbocycles. The summed E-state index contributed by atoms with van der Waals surface area (Å²) >= 11 is 0. The Labute approximate surface area is 1040 Å². The fourth-order valence-corrected chi connectivity index (χ4v) is 0. The summed E-state index contributed by atoms with van der Waals surface area (Å²) in [6.45, 7) is 0. The van der Waals surface area contributed by atoms with E-state index >= 15 is 0 Å². The van der Waals surface area contributed by atoms with Crippen LogP contribution in [0.2, 0.25) is 0 Å². The minimum atomic E-state index is -5.17. The van der Waals surface area contributed by atoms with E-state index in [4.69, 9.17) is 386 Å². The van der Waals surface area contributed by atoms with E-state index in [1.165, 1.54) is 0 Å². The van der Waals surface area contributed by atoms with Crippen molar-refractivity contribution in [2.24, 2.45) is 0 Å². The third kappa shape index (κ3) is 16600. The van der Waals surface area contributed by atoms with E-state index in [2.05, 4.69) is 0 Å². The Morgan fingerprint density at radius 2 is 0.0880 bits per heavy atom. The van der Waals surface area contributed by atoms with Gasteiger partial charge in [-0.2, -0.15) is 118 Å². The maximum absolute atomic E-state index is 8.74. The quantitative estimate of drug-likeness (QED) is 0.0608. The summed E-state index contributed by atoms with van der Waals surface area (Å²) in [6, 6.07) is 0. The molecule has 0 atom stereocenters. The van der Waals surface area contributed by atoms with Gasteiger partial charge in [0.1, 0.15) is 0 Å². The van der Waals surface area contributed by atoms with Gasteiger partial charge in [0, 0.05) is 72.8 Å². The van der Waals surface area contributed by atoms with E-state index in [1.54, 1.807) is 0 Å². The second-order valence-corrected chi connectivity index (χ2v) is 28.7. The number of hydrogen-bond donors (Lipinski definition) is 29. The van der Waals surface area contributed by atoms with Gasteiger partial charge in [-0.1, -0.05) is 0 Å². The molecule has 0 aliphatic rings. The molecule has 88 nitrogen and oxygen atoms in total. The van der Waals surface area contributed by atoms with Crippen LogP contribution in [0.4, 0.5) is 0 Å². The Balaban J connectivity index is -0.0000000184. The number of hydrogen-bond acceptors (Lipinski definition) is 59. The molecule has 0 heterocycles. The van der Waals surface area contributed by atoms with Crippen molar-refractivity contribution in [3.63, 3.8) is 0 Å². The van der Waals surface area contributed by atoms with Crippen LogP contribution in [0.5, 0.6) is 0 Å². The summed E-state index contributed by atoms with van der Waals surface area (Å²) < 4.78 is 714. The molecule has 125 heteroatoms. The molecule has 0 aromatic rings. The smallest absolute Gasteiger partial charge is 0.759 e. The van der Waals surface area contributed by atoms with Crippen molar-refractivity contribution in [3.05, 3.63) is 0 Å². The van der Waals surface area contributed by atoms with Gasteiger partial charge in [0.2, 0.25) is 10.4 Å². The normalized spacial score (nSPS) is 10.2. The summed E-state index contributed by atoms with van der Waals surface area (Å²) in [5.74, 6) is 0. The predicted octanol–water partition coefficient (Wildman–Crippen LogP) is -64.4. The van der Waals surface area contributed by atoms with Gasteiger partial charge in [-0.3, -0.25) is 191 Å². The maximum Gasteiger partial charge on any atom is 1.00 e. The van der Waals surface area contributed by atoms with Gasteiger partial charge in [0.15, 0.2) is 0 Å². The van der Waals surface area contributed by atoms with Crippen molar-refractivity contribution in [1.82, 2.24) is 0 Å². The zero-order valence-electron chi connectivity index (χ0n) is 61.0. The van der Waals surface area contributed by atoms with Gasteiger partial charge in [-0.15, -0.1) is 0 Å². The van der Waals surface area contributed by atoms with Crippen LogP contribution >= 0.6 is 0 Å². The topological polar surface area (TPSA) is 1680 Å². The van der Waals surface area contributed by atoms with E-state index < -0.39 is 229 Å². The van der Waals surface area contributed by atoms with Crippen molar-refractivity contribution < 1.29 is 829 Å². The summed E-state index contributed by atoms with van der Waals surface area (Å²) in [4.78, 5) is 0.